The lowest BCUT2D eigenvalue weighted by atomic mass is 9.76. The molecule has 6 nitrogen and oxygen atoms in total. The average Bonchev–Trinajstić information content (AvgIpc) is 3.00. The SMILES string of the molecule is CC1(C)CC(=O)c2c([nH][n+]3c(N)c(C#N)c(-c4ccc(Cl)cc4)cc23)C1.CC[O-]. The van der Waals surface area contributed by atoms with E-state index in [9.17, 15) is 10.1 Å². The number of ketones is 1. The van der Waals surface area contributed by atoms with Crippen LogP contribution in [0.4, 0.5) is 5.82 Å². The molecule has 0 fully saturated rings. The van der Waals surface area contributed by atoms with E-state index in [0.717, 1.165) is 17.7 Å². The van der Waals surface area contributed by atoms with Crippen molar-refractivity contribution in [3.05, 3.63) is 52.2 Å². The largest absolute Gasteiger partial charge is 0.855 e. The second kappa shape index (κ2) is 7.86. The van der Waals surface area contributed by atoms with Crippen molar-refractivity contribution < 1.29 is 14.4 Å². The highest BCUT2D eigenvalue weighted by Crippen LogP contribution is 2.37. The number of pyridine rings is 1. The number of nitrogens with zero attached hydrogens (tertiary/aromatic N) is 2. The molecule has 0 saturated heterocycles. The van der Waals surface area contributed by atoms with Crippen LogP contribution in [0.3, 0.4) is 0 Å². The van der Waals surface area contributed by atoms with Crippen LogP contribution in [-0.2, 0) is 6.42 Å². The number of nitriles is 1. The molecule has 0 unspecified atom stereocenters. The van der Waals surface area contributed by atoms with Crippen molar-refractivity contribution >= 4 is 28.7 Å². The summed E-state index contributed by atoms with van der Waals surface area (Å²) in [6.07, 6.45) is 1.25. The van der Waals surface area contributed by atoms with Gasteiger partial charge in [0.2, 0.25) is 0 Å². The molecule has 0 spiro atoms. The third-order valence-electron chi connectivity index (χ3n) is 4.93. The Bertz CT molecular complexity index is 1120. The second-order valence-electron chi connectivity index (χ2n) is 7.85. The molecular formula is C22H23ClN4O2. The summed E-state index contributed by atoms with van der Waals surface area (Å²) >= 11 is 5.98. The van der Waals surface area contributed by atoms with Gasteiger partial charge in [-0.3, -0.25) is 10.5 Å². The number of benzene rings is 1. The first-order valence-electron chi connectivity index (χ1n) is 9.38. The Hall–Kier alpha value is -2.88. The Morgan fingerprint density at radius 2 is 1.93 bits per heavy atom. The topological polar surface area (TPSA) is 110 Å². The van der Waals surface area contributed by atoms with Gasteiger partial charge in [-0.05, 0) is 35.6 Å². The maximum atomic E-state index is 12.8. The van der Waals surface area contributed by atoms with E-state index in [4.69, 9.17) is 22.4 Å². The molecule has 3 N–H and O–H groups in total. The number of aromatic amines is 1. The van der Waals surface area contributed by atoms with E-state index in [2.05, 4.69) is 25.0 Å². The van der Waals surface area contributed by atoms with E-state index in [0.29, 0.717) is 39.5 Å². The summed E-state index contributed by atoms with van der Waals surface area (Å²) in [4.78, 5) is 12.8. The van der Waals surface area contributed by atoms with Crippen LogP contribution in [0.5, 0.6) is 0 Å². The fourth-order valence-corrected chi connectivity index (χ4v) is 3.91. The molecule has 7 heteroatoms. The third-order valence-corrected chi connectivity index (χ3v) is 5.19. The third kappa shape index (κ3) is 3.84. The zero-order valence-corrected chi connectivity index (χ0v) is 17.4. The van der Waals surface area contributed by atoms with Crippen LogP contribution >= 0.6 is 11.6 Å². The highest BCUT2D eigenvalue weighted by molar-refractivity contribution is 6.30. The number of anilines is 1. The average molecular weight is 411 g/mol. The minimum atomic E-state index is -0.0999. The van der Waals surface area contributed by atoms with Crippen LogP contribution in [0.2, 0.25) is 5.02 Å². The maximum absolute atomic E-state index is 12.8. The lowest BCUT2D eigenvalue weighted by Crippen LogP contribution is -2.30. The molecule has 0 amide bonds. The molecule has 29 heavy (non-hydrogen) atoms. The molecule has 2 aromatic heterocycles. The van der Waals surface area contributed by atoms with Crippen LogP contribution in [0, 0.1) is 16.7 Å². The molecule has 1 aliphatic rings. The van der Waals surface area contributed by atoms with Crippen molar-refractivity contribution in [2.45, 2.75) is 33.6 Å². The zero-order chi connectivity index (χ0) is 21.3. The Labute approximate surface area is 174 Å². The van der Waals surface area contributed by atoms with E-state index >= 15 is 0 Å². The van der Waals surface area contributed by atoms with Gasteiger partial charge in [0.25, 0.3) is 0 Å². The first-order chi connectivity index (χ1) is 13.7. The summed E-state index contributed by atoms with van der Waals surface area (Å²) in [6.45, 7) is 5.72. The van der Waals surface area contributed by atoms with Crippen molar-refractivity contribution in [2.75, 3.05) is 12.3 Å². The van der Waals surface area contributed by atoms with E-state index in [-0.39, 0.29) is 17.8 Å². The van der Waals surface area contributed by atoms with Crippen molar-refractivity contribution in [3.63, 3.8) is 0 Å². The first-order valence-corrected chi connectivity index (χ1v) is 9.76. The Balaban J connectivity index is 0.000000755. The Kier molecular flexibility index (Phi) is 5.65. The molecule has 4 rings (SSSR count). The second-order valence-corrected chi connectivity index (χ2v) is 8.29. The quantitative estimate of drug-likeness (QED) is 0.600. The number of nitrogen functional groups attached to an aromatic ring is 1. The van der Waals surface area contributed by atoms with E-state index in [1.165, 1.54) is 0 Å². The summed E-state index contributed by atoms with van der Waals surface area (Å²) in [7, 11) is 0. The van der Waals surface area contributed by atoms with Gasteiger partial charge >= 0.3 is 5.82 Å². The molecule has 2 heterocycles. The number of fused-ring (bicyclic) bond motifs is 3. The van der Waals surface area contributed by atoms with Crippen LogP contribution < -0.4 is 15.4 Å². The molecule has 3 aromatic rings. The maximum Gasteiger partial charge on any atom is 0.315 e. The highest BCUT2D eigenvalue weighted by atomic mass is 35.5. The molecule has 0 radical (unpaired) electrons. The fraction of sp³-hybridized carbons (Fsp3) is 0.318. The highest BCUT2D eigenvalue weighted by Gasteiger charge is 2.36. The van der Waals surface area contributed by atoms with Crippen LogP contribution in [0.25, 0.3) is 16.6 Å². The standard InChI is InChI=1S/C20H17ClN4O.C2H5O/c1-20(2)8-15-18(17(26)9-20)16-7-13(11-3-5-12(21)6-4-11)14(10-22)19(23)25(16)24-15;1-2-3/h3-7H,8-9H2,1-2H3,(H2,23,24,26);2H2,1H3/q;-1/p+1. The monoisotopic (exact) mass is 410 g/mol. The predicted octanol–water partition coefficient (Wildman–Crippen LogP) is 3.05. The number of hydrogen-bond donors (Lipinski definition) is 2. The van der Waals surface area contributed by atoms with Crippen molar-refractivity contribution in [3.8, 4) is 17.2 Å². The summed E-state index contributed by atoms with van der Waals surface area (Å²) in [5.74, 6) is 0.399. The summed E-state index contributed by atoms with van der Waals surface area (Å²) < 4.78 is 1.65. The first kappa shape index (κ1) is 20.8. The molecule has 0 saturated carbocycles. The lowest BCUT2D eigenvalue weighted by Gasteiger charge is -2.27. The van der Waals surface area contributed by atoms with E-state index in [1.807, 2.05) is 18.2 Å². The molecule has 150 valence electrons. The molecule has 0 bridgehead atoms. The van der Waals surface area contributed by atoms with Gasteiger partial charge in [0.15, 0.2) is 16.9 Å². The van der Waals surface area contributed by atoms with Gasteiger partial charge in [0, 0.05) is 17.0 Å². The number of aromatic nitrogens is 2. The normalized spacial score (nSPS) is 14.7. The number of H-pyrrole nitrogens is 1. The van der Waals surface area contributed by atoms with Gasteiger partial charge in [0.05, 0.1) is 11.3 Å². The van der Waals surface area contributed by atoms with Gasteiger partial charge in [-0.25, -0.2) is 5.10 Å². The van der Waals surface area contributed by atoms with Crippen LogP contribution in [0.15, 0.2) is 30.3 Å². The summed E-state index contributed by atoms with van der Waals surface area (Å²) in [5, 5.41) is 22.4. The number of halogens is 1. The minimum Gasteiger partial charge on any atom is -0.855 e. The van der Waals surface area contributed by atoms with Crippen LogP contribution in [-0.4, -0.2) is 17.5 Å². The predicted molar refractivity (Wildman–Crippen MR) is 110 cm³/mol. The number of carbonyl (C=O) groups excluding carboxylic acids is 1. The van der Waals surface area contributed by atoms with E-state index in [1.54, 1.807) is 23.6 Å². The number of Topliss-reactive ketones (excluding diaryl/α,β-unsaturated/α-hetero) is 1. The van der Waals surface area contributed by atoms with Gasteiger partial charge < -0.3 is 5.11 Å². The Morgan fingerprint density at radius 3 is 2.52 bits per heavy atom. The molecule has 1 aliphatic carbocycles. The summed E-state index contributed by atoms with van der Waals surface area (Å²) in [5.41, 5.74) is 10.3. The van der Waals surface area contributed by atoms with E-state index < -0.39 is 0 Å². The summed E-state index contributed by atoms with van der Waals surface area (Å²) in [6, 6.07) is 11.3. The number of nitrogens with one attached hydrogen (secondary N) is 1. The number of hydrogen-bond acceptors (Lipinski definition) is 4. The minimum absolute atomic E-state index is 0. The molecule has 1 aromatic carbocycles. The van der Waals surface area contributed by atoms with Gasteiger partial charge in [-0.2, -0.15) is 5.26 Å². The van der Waals surface area contributed by atoms with Crippen LogP contribution in [0.1, 0.15) is 48.8 Å². The fourth-order valence-electron chi connectivity index (χ4n) is 3.78. The van der Waals surface area contributed by atoms with Gasteiger partial charge in [0.1, 0.15) is 6.07 Å². The number of rotatable bonds is 1. The molecule has 0 atom stereocenters. The number of carbonyl (C=O) groups is 1. The lowest BCUT2D eigenvalue weighted by molar-refractivity contribution is -0.562. The van der Waals surface area contributed by atoms with Crippen molar-refractivity contribution in [1.29, 1.82) is 5.26 Å². The van der Waals surface area contributed by atoms with Crippen molar-refractivity contribution in [1.82, 2.24) is 5.10 Å². The number of nitrogens with two attached hydrogens (primary N) is 1. The molecule has 0 aliphatic heterocycles. The van der Waals surface area contributed by atoms with Crippen molar-refractivity contribution in [2.24, 2.45) is 5.41 Å². The Morgan fingerprint density at radius 1 is 1.31 bits per heavy atom. The molecular weight excluding hydrogens is 388 g/mol. The van der Waals surface area contributed by atoms with Gasteiger partial charge in [-0.15, -0.1) is 11.1 Å². The zero-order valence-electron chi connectivity index (χ0n) is 16.7. The smallest absolute Gasteiger partial charge is 0.315 e. The van der Waals surface area contributed by atoms with Gasteiger partial charge in [-0.1, -0.05) is 44.5 Å².